The second kappa shape index (κ2) is 6.34. The first-order chi connectivity index (χ1) is 12.1. The van der Waals surface area contributed by atoms with Gasteiger partial charge in [0.05, 0.1) is 17.3 Å². The molecule has 0 bridgehead atoms. The molecule has 0 saturated carbocycles. The zero-order valence-corrected chi connectivity index (χ0v) is 16.0. The lowest BCUT2D eigenvalue weighted by atomic mass is 9.76. The molecule has 0 radical (unpaired) electrons. The number of rotatable bonds is 2. The fourth-order valence-electron chi connectivity index (χ4n) is 4.04. The molecule has 3 atom stereocenters. The maximum atomic E-state index is 12.7. The Morgan fingerprint density at radius 3 is 2.64 bits per heavy atom. The van der Waals surface area contributed by atoms with E-state index < -0.39 is 0 Å². The summed E-state index contributed by atoms with van der Waals surface area (Å²) >= 11 is 3.52. The van der Waals surface area contributed by atoms with E-state index in [1.165, 1.54) is 11.1 Å². The Labute approximate surface area is 156 Å². The van der Waals surface area contributed by atoms with Crippen molar-refractivity contribution in [1.29, 1.82) is 0 Å². The normalized spacial score (nSPS) is 23.6. The van der Waals surface area contributed by atoms with Gasteiger partial charge in [-0.1, -0.05) is 52.3 Å². The summed E-state index contributed by atoms with van der Waals surface area (Å²) in [5.74, 6) is 0.887. The summed E-state index contributed by atoms with van der Waals surface area (Å²) in [7, 11) is 3.60. The van der Waals surface area contributed by atoms with Gasteiger partial charge < -0.3 is 10.2 Å². The summed E-state index contributed by atoms with van der Waals surface area (Å²) in [6.45, 7) is 0. The minimum atomic E-state index is 0.0410. The van der Waals surface area contributed by atoms with Crippen molar-refractivity contribution in [3.63, 3.8) is 0 Å². The molecule has 3 nitrogen and oxygen atoms in total. The van der Waals surface area contributed by atoms with Crippen molar-refractivity contribution < 1.29 is 4.79 Å². The lowest BCUT2D eigenvalue weighted by molar-refractivity contribution is 0.0828. The van der Waals surface area contributed by atoms with Crippen molar-refractivity contribution in [2.24, 2.45) is 5.92 Å². The first-order valence-corrected chi connectivity index (χ1v) is 9.39. The molecule has 0 unspecified atom stereocenters. The van der Waals surface area contributed by atoms with Crippen molar-refractivity contribution in [2.45, 2.75) is 18.4 Å². The molecule has 1 N–H and O–H groups in total. The Morgan fingerprint density at radius 2 is 1.92 bits per heavy atom. The molecule has 1 aliphatic heterocycles. The lowest BCUT2D eigenvalue weighted by Crippen LogP contribution is -2.31. The van der Waals surface area contributed by atoms with Crippen LogP contribution in [0.1, 0.15) is 39.9 Å². The Hall–Kier alpha value is -2.07. The van der Waals surface area contributed by atoms with Crippen LogP contribution in [0.15, 0.2) is 59.1 Å². The Morgan fingerprint density at radius 1 is 1.16 bits per heavy atom. The molecule has 0 aromatic heterocycles. The number of para-hydroxylation sites is 1. The van der Waals surface area contributed by atoms with Crippen molar-refractivity contribution in [1.82, 2.24) is 4.90 Å². The zero-order chi connectivity index (χ0) is 17.6. The number of nitrogens with one attached hydrogen (secondary N) is 1. The summed E-state index contributed by atoms with van der Waals surface area (Å²) < 4.78 is 1.08. The molecule has 25 heavy (non-hydrogen) atoms. The van der Waals surface area contributed by atoms with Crippen LogP contribution in [0, 0.1) is 5.92 Å². The van der Waals surface area contributed by atoms with Crippen LogP contribution in [0.2, 0.25) is 0 Å². The fourth-order valence-corrected chi connectivity index (χ4v) is 4.31. The van der Waals surface area contributed by atoms with Crippen LogP contribution in [0.4, 0.5) is 5.69 Å². The number of amides is 1. The van der Waals surface area contributed by atoms with Gasteiger partial charge in [-0.15, -0.1) is 0 Å². The number of hydrogen-bond acceptors (Lipinski definition) is 2. The van der Waals surface area contributed by atoms with E-state index in [-0.39, 0.29) is 11.9 Å². The molecule has 2 aromatic carbocycles. The third-order valence-corrected chi connectivity index (χ3v) is 5.79. The third-order valence-electron chi connectivity index (χ3n) is 5.26. The minimum Gasteiger partial charge on any atom is -0.377 e. The van der Waals surface area contributed by atoms with Crippen LogP contribution < -0.4 is 5.32 Å². The standard InChI is InChI=1S/C21H21BrN2O/c1-24(2)21(25)18-8-4-7-17-15-5-3-6-16(15)19(23-20(17)18)13-9-11-14(22)12-10-13/h3-5,7-12,15-16,19,23H,6H2,1-2H3/t15-,16+,19+/m0/s1. The average molecular weight is 397 g/mol. The van der Waals surface area contributed by atoms with Crippen LogP contribution in [0.5, 0.6) is 0 Å². The van der Waals surface area contributed by atoms with Crippen molar-refractivity contribution in [2.75, 3.05) is 19.4 Å². The fraction of sp³-hybridized carbons (Fsp3) is 0.286. The van der Waals surface area contributed by atoms with Crippen LogP contribution >= 0.6 is 15.9 Å². The summed E-state index contributed by atoms with van der Waals surface area (Å²) in [5, 5.41) is 3.71. The van der Waals surface area contributed by atoms with E-state index in [1.54, 1.807) is 19.0 Å². The number of benzene rings is 2. The minimum absolute atomic E-state index is 0.0410. The number of allylic oxidation sites excluding steroid dienone is 2. The first-order valence-electron chi connectivity index (χ1n) is 8.59. The first kappa shape index (κ1) is 16.4. The van der Waals surface area contributed by atoms with E-state index in [0.717, 1.165) is 22.1 Å². The van der Waals surface area contributed by atoms with Crippen LogP contribution in [-0.4, -0.2) is 24.9 Å². The molecule has 2 aliphatic rings. The number of anilines is 1. The molecular formula is C21H21BrN2O. The molecule has 0 spiro atoms. The molecule has 128 valence electrons. The SMILES string of the molecule is CN(C)C(=O)c1cccc2c1N[C@H](c1ccc(Br)cc1)[C@@H]1CC=C[C@H]21. The van der Waals surface area contributed by atoms with Gasteiger partial charge in [0.25, 0.3) is 5.91 Å². The van der Waals surface area contributed by atoms with Gasteiger partial charge in [-0.25, -0.2) is 0 Å². The molecule has 0 fully saturated rings. The highest BCUT2D eigenvalue weighted by Crippen LogP contribution is 2.50. The number of carbonyl (C=O) groups excluding carboxylic acids is 1. The Kier molecular flexibility index (Phi) is 4.16. The maximum absolute atomic E-state index is 12.7. The lowest BCUT2D eigenvalue weighted by Gasteiger charge is -2.38. The second-order valence-corrected chi connectivity index (χ2v) is 7.91. The molecular weight excluding hydrogens is 376 g/mol. The highest BCUT2D eigenvalue weighted by Gasteiger charge is 2.39. The topological polar surface area (TPSA) is 32.3 Å². The molecule has 4 heteroatoms. The number of fused-ring (bicyclic) bond motifs is 3. The third kappa shape index (κ3) is 2.78. The summed E-state index contributed by atoms with van der Waals surface area (Å²) in [6, 6.07) is 14.8. The number of carbonyl (C=O) groups is 1. The van der Waals surface area contributed by atoms with E-state index in [4.69, 9.17) is 0 Å². The summed E-state index contributed by atoms with van der Waals surface area (Å²) in [5.41, 5.74) is 4.24. The van der Waals surface area contributed by atoms with Gasteiger partial charge in [0.1, 0.15) is 0 Å². The summed E-state index contributed by atoms with van der Waals surface area (Å²) in [4.78, 5) is 14.3. The molecule has 0 saturated heterocycles. The van der Waals surface area contributed by atoms with E-state index in [0.29, 0.717) is 11.8 Å². The zero-order valence-electron chi connectivity index (χ0n) is 14.4. The molecule has 1 aliphatic carbocycles. The number of hydrogen-bond donors (Lipinski definition) is 1. The van der Waals surface area contributed by atoms with Gasteiger partial charge in [-0.2, -0.15) is 0 Å². The maximum Gasteiger partial charge on any atom is 0.255 e. The second-order valence-electron chi connectivity index (χ2n) is 7.00. The van der Waals surface area contributed by atoms with Gasteiger partial charge in [0.15, 0.2) is 0 Å². The highest BCUT2D eigenvalue weighted by molar-refractivity contribution is 9.10. The molecule has 2 aromatic rings. The largest absolute Gasteiger partial charge is 0.377 e. The molecule has 1 amide bonds. The van der Waals surface area contributed by atoms with Crippen LogP contribution in [0.3, 0.4) is 0 Å². The van der Waals surface area contributed by atoms with E-state index in [1.807, 2.05) is 12.1 Å². The van der Waals surface area contributed by atoms with E-state index in [9.17, 15) is 4.79 Å². The van der Waals surface area contributed by atoms with Crippen molar-refractivity contribution in [3.05, 3.63) is 75.8 Å². The average Bonchev–Trinajstić information content (AvgIpc) is 3.10. The van der Waals surface area contributed by atoms with Crippen LogP contribution in [0.25, 0.3) is 0 Å². The molecule has 4 rings (SSSR count). The quantitative estimate of drug-likeness (QED) is 0.726. The van der Waals surface area contributed by atoms with Gasteiger partial charge >= 0.3 is 0 Å². The highest BCUT2D eigenvalue weighted by atomic mass is 79.9. The van der Waals surface area contributed by atoms with Crippen molar-refractivity contribution >= 4 is 27.5 Å². The summed E-state index contributed by atoms with van der Waals surface area (Å²) in [6.07, 6.45) is 5.64. The van der Waals surface area contributed by atoms with E-state index in [2.05, 4.69) is 63.7 Å². The monoisotopic (exact) mass is 396 g/mol. The van der Waals surface area contributed by atoms with Gasteiger partial charge in [0, 0.05) is 24.5 Å². The van der Waals surface area contributed by atoms with E-state index >= 15 is 0 Å². The van der Waals surface area contributed by atoms with Gasteiger partial charge in [-0.3, -0.25) is 4.79 Å². The predicted octanol–water partition coefficient (Wildman–Crippen LogP) is 4.98. The van der Waals surface area contributed by atoms with Crippen molar-refractivity contribution in [3.8, 4) is 0 Å². The Balaban J connectivity index is 1.81. The Bertz CT molecular complexity index is 841. The number of nitrogens with zero attached hydrogens (tertiary/aromatic N) is 1. The van der Waals surface area contributed by atoms with Gasteiger partial charge in [-0.05, 0) is 41.7 Å². The van der Waals surface area contributed by atoms with Crippen LogP contribution in [-0.2, 0) is 0 Å². The smallest absolute Gasteiger partial charge is 0.255 e. The number of halogens is 1. The predicted molar refractivity (Wildman–Crippen MR) is 105 cm³/mol. The molecule has 1 heterocycles. The van der Waals surface area contributed by atoms with Gasteiger partial charge in [0.2, 0.25) is 0 Å².